The lowest BCUT2D eigenvalue weighted by molar-refractivity contribution is 0.694. The van der Waals surface area contributed by atoms with Gasteiger partial charge < -0.3 is 10.7 Å². The molecule has 3 nitrogen and oxygen atoms in total. The van der Waals surface area contributed by atoms with Crippen molar-refractivity contribution in [2.24, 2.45) is 5.73 Å². The number of aromatic amines is 1. The molecule has 0 bridgehead atoms. The molecule has 0 saturated heterocycles. The number of halogens is 2. The SMILES string of the molecule is NC(Cc1ncc[nH]1)c1ccc(I)c(Cl)c1. The van der Waals surface area contributed by atoms with Crippen molar-refractivity contribution in [2.45, 2.75) is 12.5 Å². The topological polar surface area (TPSA) is 54.7 Å². The van der Waals surface area contributed by atoms with Crippen molar-refractivity contribution >= 4 is 34.2 Å². The summed E-state index contributed by atoms with van der Waals surface area (Å²) in [6.45, 7) is 0. The number of hydrogen-bond donors (Lipinski definition) is 2. The molecule has 0 saturated carbocycles. The molecule has 1 heterocycles. The molecule has 0 fully saturated rings. The Labute approximate surface area is 113 Å². The lowest BCUT2D eigenvalue weighted by Crippen LogP contribution is -2.14. The summed E-state index contributed by atoms with van der Waals surface area (Å²) in [4.78, 5) is 7.19. The van der Waals surface area contributed by atoms with E-state index in [4.69, 9.17) is 17.3 Å². The molecule has 0 amide bonds. The van der Waals surface area contributed by atoms with Gasteiger partial charge in [0.15, 0.2) is 0 Å². The van der Waals surface area contributed by atoms with Gasteiger partial charge in [-0.25, -0.2) is 4.98 Å². The number of imidazole rings is 1. The van der Waals surface area contributed by atoms with Gasteiger partial charge >= 0.3 is 0 Å². The first kappa shape index (κ1) is 11.9. The lowest BCUT2D eigenvalue weighted by Gasteiger charge is -2.11. The van der Waals surface area contributed by atoms with Gasteiger partial charge in [0.05, 0.1) is 5.02 Å². The molecule has 16 heavy (non-hydrogen) atoms. The van der Waals surface area contributed by atoms with Crippen molar-refractivity contribution in [1.29, 1.82) is 0 Å². The van der Waals surface area contributed by atoms with Crippen molar-refractivity contribution in [3.05, 3.63) is 50.6 Å². The maximum atomic E-state index is 6.08. The van der Waals surface area contributed by atoms with Crippen LogP contribution in [0.1, 0.15) is 17.4 Å². The van der Waals surface area contributed by atoms with Crippen molar-refractivity contribution in [2.75, 3.05) is 0 Å². The second kappa shape index (κ2) is 5.16. The number of hydrogen-bond acceptors (Lipinski definition) is 2. The van der Waals surface area contributed by atoms with Gasteiger partial charge in [-0.3, -0.25) is 0 Å². The predicted molar refractivity (Wildman–Crippen MR) is 73.4 cm³/mol. The highest BCUT2D eigenvalue weighted by Crippen LogP contribution is 2.23. The Hall–Kier alpha value is -0.590. The standard InChI is InChI=1S/C11H11ClIN3/c12-8-5-7(1-2-9(8)13)10(14)6-11-15-3-4-16-11/h1-5,10H,6,14H2,(H,15,16). The van der Waals surface area contributed by atoms with E-state index < -0.39 is 0 Å². The zero-order valence-electron chi connectivity index (χ0n) is 8.45. The van der Waals surface area contributed by atoms with E-state index in [0.717, 1.165) is 20.0 Å². The van der Waals surface area contributed by atoms with Crippen LogP contribution in [0.15, 0.2) is 30.6 Å². The fourth-order valence-electron chi connectivity index (χ4n) is 1.48. The fraction of sp³-hybridized carbons (Fsp3) is 0.182. The number of nitrogens with zero attached hydrogens (tertiary/aromatic N) is 1. The Morgan fingerprint density at radius 1 is 1.50 bits per heavy atom. The summed E-state index contributed by atoms with van der Waals surface area (Å²) < 4.78 is 1.04. The summed E-state index contributed by atoms with van der Waals surface area (Å²) in [6, 6.07) is 5.80. The van der Waals surface area contributed by atoms with Crippen LogP contribution >= 0.6 is 34.2 Å². The molecule has 84 valence electrons. The van der Waals surface area contributed by atoms with E-state index in [9.17, 15) is 0 Å². The molecule has 2 rings (SSSR count). The van der Waals surface area contributed by atoms with Crippen LogP contribution in [0.5, 0.6) is 0 Å². The summed E-state index contributed by atoms with van der Waals surface area (Å²) in [5.41, 5.74) is 7.11. The first-order chi connectivity index (χ1) is 7.66. The average molecular weight is 348 g/mol. The minimum atomic E-state index is -0.0827. The summed E-state index contributed by atoms with van der Waals surface area (Å²) in [5, 5.41) is 0.744. The number of benzene rings is 1. The minimum absolute atomic E-state index is 0.0827. The predicted octanol–water partition coefficient (Wildman–Crippen LogP) is 2.91. The van der Waals surface area contributed by atoms with E-state index in [1.54, 1.807) is 12.4 Å². The smallest absolute Gasteiger partial charge is 0.107 e. The van der Waals surface area contributed by atoms with Gasteiger partial charge in [0.1, 0.15) is 5.82 Å². The average Bonchev–Trinajstić information content (AvgIpc) is 2.74. The van der Waals surface area contributed by atoms with Gasteiger partial charge in [0, 0.05) is 28.4 Å². The number of aromatic nitrogens is 2. The molecule has 1 unspecified atom stereocenters. The van der Waals surface area contributed by atoms with E-state index in [-0.39, 0.29) is 6.04 Å². The van der Waals surface area contributed by atoms with Crippen LogP contribution in [0.3, 0.4) is 0 Å². The first-order valence-electron chi connectivity index (χ1n) is 4.85. The summed E-state index contributed by atoms with van der Waals surface area (Å²) >= 11 is 8.25. The van der Waals surface area contributed by atoms with Crippen LogP contribution in [0.25, 0.3) is 0 Å². The highest BCUT2D eigenvalue weighted by atomic mass is 127. The van der Waals surface area contributed by atoms with Gasteiger partial charge in [0.25, 0.3) is 0 Å². The summed E-state index contributed by atoms with van der Waals surface area (Å²) in [5.74, 6) is 0.891. The van der Waals surface area contributed by atoms with Crippen LogP contribution in [-0.4, -0.2) is 9.97 Å². The van der Waals surface area contributed by atoms with Gasteiger partial charge in [-0.15, -0.1) is 0 Å². The van der Waals surface area contributed by atoms with E-state index in [1.807, 2.05) is 18.2 Å². The van der Waals surface area contributed by atoms with Gasteiger partial charge in [-0.05, 0) is 40.3 Å². The maximum Gasteiger partial charge on any atom is 0.107 e. The number of nitrogens with one attached hydrogen (secondary N) is 1. The Morgan fingerprint density at radius 2 is 2.31 bits per heavy atom. The Kier molecular flexibility index (Phi) is 3.83. The van der Waals surface area contributed by atoms with E-state index in [2.05, 4.69) is 32.6 Å². The normalized spacial score (nSPS) is 12.7. The number of nitrogens with two attached hydrogens (primary N) is 1. The van der Waals surface area contributed by atoms with Gasteiger partial charge in [-0.2, -0.15) is 0 Å². The molecular formula is C11H11ClIN3. The molecule has 0 aliphatic carbocycles. The van der Waals surface area contributed by atoms with Crippen LogP contribution in [0, 0.1) is 3.57 Å². The van der Waals surface area contributed by atoms with E-state index in [1.165, 1.54) is 0 Å². The zero-order valence-corrected chi connectivity index (χ0v) is 11.4. The summed E-state index contributed by atoms with van der Waals surface area (Å²) in [6.07, 6.45) is 4.20. The molecule has 0 aliphatic rings. The Bertz CT molecular complexity index is 470. The number of rotatable bonds is 3. The molecular weight excluding hydrogens is 336 g/mol. The van der Waals surface area contributed by atoms with E-state index in [0.29, 0.717) is 6.42 Å². The maximum absolute atomic E-state index is 6.08. The molecule has 3 N–H and O–H groups in total. The second-order valence-electron chi connectivity index (χ2n) is 3.52. The third-order valence-corrected chi connectivity index (χ3v) is 3.91. The monoisotopic (exact) mass is 347 g/mol. The van der Waals surface area contributed by atoms with Crippen LogP contribution in [0.4, 0.5) is 0 Å². The lowest BCUT2D eigenvalue weighted by atomic mass is 10.0. The third kappa shape index (κ3) is 2.75. The largest absolute Gasteiger partial charge is 0.349 e. The molecule has 2 aromatic rings. The third-order valence-electron chi connectivity index (χ3n) is 2.34. The molecule has 1 aromatic heterocycles. The molecule has 1 atom stereocenters. The first-order valence-corrected chi connectivity index (χ1v) is 6.31. The van der Waals surface area contributed by atoms with E-state index >= 15 is 0 Å². The molecule has 0 aliphatic heterocycles. The molecule has 0 radical (unpaired) electrons. The minimum Gasteiger partial charge on any atom is -0.349 e. The number of H-pyrrole nitrogens is 1. The highest BCUT2D eigenvalue weighted by Gasteiger charge is 2.10. The van der Waals surface area contributed by atoms with Crippen molar-refractivity contribution in [3.63, 3.8) is 0 Å². The quantitative estimate of drug-likeness (QED) is 0.839. The summed E-state index contributed by atoms with van der Waals surface area (Å²) in [7, 11) is 0. The van der Waals surface area contributed by atoms with Crippen LogP contribution < -0.4 is 5.73 Å². The van der Waals surface area contributed by atoms with Crippen LogP contribution in [0.2, 0.25) is 5.02 Å². The Morgan fingerprint density at radius 3 is 2.94 bits per heavy atom. The Balaban J connectivity index is 2.14. The molecule has 1 aromatic carbocycles. The molecule has 5 heteroatoms. The zero-order chi connectivity index (χ0) is 11.5. The molecule has 0 spiro atoms. The second-order valence-corrected chi connectivity index (χ2v) is 5.09. The van der Waals surface area contributed by atoms with Crippen molar-refractivity contribution in [3.8, 4) is 0 Å². The van der Waals surface area contributed by atoms with Gasteiger partial charge in [-0.1, -0.05) is 17.7 Å². The van der Waals surface area contributed by atoms with Crippen LogP contribution in [-0.2, 0) is 6.42 Å². The highest BCUT2D eigenvalue weighted by molar-refractivity contribution is 14.1. The fourth-order valence-corrected chi connectivity index (χ4v) is 2.00. The van der Waals surface area contributed by atoms with Gasteiger partial charge in [0.2, 0.25) is 0 Å². The van der Waals surface area contributed by atoms with Crippen molar-refractivity contribution < 1.29 is 0 Å². The van der Waals surface area contributed by atoms with Crippen molar-refractivity contribution in [1.82, 2.24) is 9.97 Å².